The number of carbonyl (C=O) groups is 2. The van der Waals surface area contributed by atoms with Gasteiger partial charge in [0, 0.05) is 17.1 Å². The first-order chi connectivity index (χ1) is 17.5. The number of aryl methyl sites for hydroxylation is 1. The molecule has 1 aliphatic carbocycles. The Hall–Kier alpha value is -2.59. The van der Waals surface area contributed by atoms with Gasteiger partial charge in [0.15, 0.2) is 0 Å². The number of sulfonamides is 1. The van der Waals surface area contributed by atoms with Crippen molar-refractivity contribution >= 4 is 43.5 Å². The van der Waals surface area contributed by atoms with E-state index in [9.17, 15) is 18.0 Å². The monoisotopic (exact) mass is 593 g/mol. The Morgan fingerprint density at radius 2 is 1.78 bits per heavy atom. The number of methoxy groups -OCH3 is 1. The minimum atomic E-state index is -3.78. The number of halogens is 1. The second-order valence-corrected chi connectivity index (χ2v) is 12.2. The lowest BCUT2D eigenvalue weighted by Crippen LogP contribution is -2.53. The Labute approximate surface area is 228 Å². The smallest absolute Gasteiger partial charge is 0.244 e. The van der Waals surface area contributed by atoms with Gasteiger partial charge in [-0.15, -0.1) is 0 Å². The van der Waals surface area contributed by atoms with Crippen LogP contribution in [0.15, 0.2) is 46.9 Å². The molecule has 10 heteroatoms. The van der Waals surface area contributed by atoms with Crippen LogP contribution in [0.4, 0.5) is 5.69 Å². The van der Waals surface area contributed by atoms with E-state index in [-0.39, 0.29) is 18.5 Å². The van der Waals surface area contributed by atoms with Gasteiger partial charge >= 0.3 is 0 Å². The molecule has 3 rings (SSSR count). The number of nitrogens with one attached hydrogen (secondary N) is 1. The maximum absolute atomic E-state index is 13.8. The molecular weight excluding hydrogens is 558 g/mol. The van der Waals surface area contributed by atoms with E-state index in [0.29, 0.717) is 17.9 Å². The summed E-state index contributed by atoms with van der Waals surface area (Å²) in [6.07, 6.45) is 5.49. The lowest BCUT2D eigenvalue weighted by Gasteiger charge is -2.33. The van der Waals surface area contributed by atoms with Gasteiger partial charge in [0.25, 0.3) is 0 Å². The molecule has 0 aromatic heterocycles. The van der Waals surface area contributed by atoms with Crippen molar-refractivity contribution in [2.45, 2.75) is 64.6 Å². The van der Waals surface area contributed by atoms with Crippen molar-refractivity contribution in [3.63, 3.8) is 0 Å². The first-order valence-electron chi connectivity index (χ1n) is 12.5. The van der Waals surface area contributed by atoms with Gasteiger partial charge in [-0.3, -0.25) is 13.9 Å². The number of hydrogen-bond donors (Lipinski definition) is 1. The summed E-state index contributed by atoms with van der Waals surface area (Å²) >= 11 is 3.43. The van der Waals surface area contributed by atoms with Crippen molar-refractivity contribution in [1.29, 1.82) is 0 Å². The molecule has 0 saturated heterocycles. The van der Waals surface area contributed by atoms with Crippen molar-refractivity contribution in [1.82, 2.24) is 10.2 Å². The first-order valence-corrected chi connectivity index (χ1v) is 15.1. The van der Waals surface area contributed by atoms with Gasteiger partial charge in [0.2, 0.25) is 21.8 Å². The maximum atomic E-state index is 13.8. The second kappa shape index (κ2) is 12.8. The molecule has 1 atom stereocenters. The van der Waals surface area contributed by atoms with Crippen LogP contribution >= 0.6 is 15.9 Å². The van der Waals surface area contributed by atoms with Gasteiger partial charge in [-0.2, -0.15) is 0 Å². The maximum Gasteiger partial charge on any atom is 0.244 e. The van der Waals surface area contributed by atoms with Gasteiger partial charge < -0.3 is 15.0 Å². The Morgan fingerprint density at radius 3 is 2.32 bits per heavy atom. The fourth-order valence-electron chi connectivity index (χ4n) is 4.61. The number of amides is 2. The largest absolute Gasteiger partial charge is 0.497 e. The van der Waals surface area contributed by atoms with E-state index in [4.69, 9.17) is 4.74 Å². The SMILES string of the molecule is CC[C@@H](C(=O)NC1CCCC1)N(Cc1ccc(OC)cc1)C(=O)CN(c1ccc(Br)c(C)c1)S(C)(=O)=O. The topological polar surface area (TPSA) is 96.0 Å². The summed E-state index contributed by atoms with van der Waals surface area (Å²) in [6, 6.07) is 11.8. The second-order valence-electron chi connectivity index (χ2n) is 9.49. The number of benzene rings is 2. The molecule has 0 bridgehead atoms. The zero-order chi connectivity index (χ0) is 27.2. The van der Waals surface area contributed by atoms with E-state index in [0.717, 1.165) is 51.8 Å². The Kier molecular flexibility index (Phi) is 10.0. The summed E-state index contributed by atoms with van der Waals surface area (Å²) in [5.74, 6) is 0.0263. The van der Waals surface area contributed by atoms with Crippen molar-refractivity contribution in [2.24, 2.45) is 0 Å². The van der Waals surface area contributed by atoms with Crippen LogP contribution in [0.1, 0.15) is 50.2 Å². The van der Waals surface area contributed by atoms with Gasteiger partial charge in [0.1, 0.15) is 18.3 Å². The van der Waals surface area contributed by atoms with Crippen LogP contribution in [0, 0.1) is 6.92 Å². The zero-order valence-electron chi connectivity index (χ0n) is 21.9. The van der Waals surface area contributed by atoms with E-state index in [1.807, 2.05) is 26.0 Å². The molecule has 0 spiro atoms. The van der Waals surface area contributed by atoms with Crippen molar-refractivity contribution in [2.75, 3.05) is 24.2 Å². The molecule has 2 aromatic carbocycles. The molecule has 202 valence electrons. The molecule has 8 nitrogen and oxygen atoms in total. The average molecular weight is 595 g/mol. The van der Waals surface area contributed by atoms with Gasteiger partial charge in [-0.1, -0.05) is 47.8 Å². The highest BCUT2D eigenvalue weighted by Gasteiger charge is 2.33. The minimum absolute atomic E-state index is 0.109. The van der Waals surface area contributed by atoms with Gasteiger partial charge in [0.05, 0.1) is 19.1 Å². The molecule has 0 unspecified atom stereocenters. The summed E-state index contributed by atoms with van der Waals surface area (Å²) in [5.41, 5.74) is 2.05. The number of ether oxygens (including phenoxy) is 1. The summed E-state index contributed by atoms with van der Waals surface area (Å²) in [7, 11) is -2.20. The van der Waals surface area contributed by atoms with Crippen LogP contribution in [0.3, 0.4) is 0 Å². The normalized spacial score (nSPS) is 14.7. The lowest BCUT2D eigenvalue weighted by molar-refractivity contribution is -0.140. The summed E-state index contributed by atoms with van der Waals surface area (Å²) in [6.45, 7) is 3.46. The van der Waals surface area contributed by atoms with E-state index in [1.165, 1.54) is 4.90 Å². The van der Waals surface area contributed by atoms with Gasteiger partial charge in [-0.05, 0) is 67.6 Å². The number of anilines is 1. The highest BCUT2D eigenvalue weighted by atomic mass is 79.9. The third-order valence-corrected chi connectivity index (χ3v) is 8.74. The van der Waals surface area contributed by atoms with Crippen LogP contribution in [0.5, 0.6) is 5.75 Å². The average Bonchev–Trinajstić information content (AvgIpc) is 3.36. The predicted molar refractivity (Wildman–Crippen MR) is 149 cm³/mol. The summed E-state index contributed by atoms with van der Waals surface area (Å²) < 4.78 is 32.7. The molecule has 1 N–H and O–H groups in total. The molecule has 2 amide bonds. The minimum Gasteiger partial charge on any atom is -0.497 e. The fraction of sp³-hybridized carbons (Fsp3) is 0.481. The quantitative estimate of drug-likeness (QED) is 0.416. The first kappa shape index (κ1) is 29.0. The Morgan fingerprint density at radius 1 is 1.14 bits per heavy atom. The van der Waals surface area contributed by atoms with Crippen LogP contribution in [0.25, 0.3) is 0 Å². The third-order valence-electron chi connectivity index (χ3n) is 6.71. The number of rotatable bonds is 11. The molecule has 0 heterocycles. The van der Waals surface area contributed by atoms with Crippen LogP contribution in [-0.4, -0.2) is 57.1 Å². The van der Waals surface area contributed by atoms with Crippen LogP contribution < -0.4 is 14.4 Å². The number of hydrogen-bond acceptors (Lipinski definition) is 5. The fourth-order valence-corrected chi connectivity index (χ4v) is 5.70. The summed E-state index contributed by atoms with van der Waals surface area (Å²) in [5, 5.41) is 3.11. The van der Waals surface area contributed by atoms with Gasteiger partial charge in [-0.25, -0.2) is 8.42 Å². The molecule has 37 heavy (non-hydrogen) atoms. The predicted octanol–water partition coefficient (Wildman–Crippen LogP) is 4.40. The van der Waals surface area contributed by atoms with E-state index >= 15 is 0 Å². The number of nitrogens with zero attached hydrogens (tertiary/aromatic N) is 2. The van der Waals surface area contributed by atoms with Crippen LogP contribution in [0.2, 0.25) is 0 Å². The third kappa shape index (κ3) is 7.70. The molecule has 2 aromatic rings. The highest BCUT2D eigenvalue weighted by Crippen LogP contribution is 2.26. The van der Waals surface area contributed by atoms with E-state index in [2.05, 4.69) is 21.2 Å². The molecule has 0 radical (unpaired) electrons. The molecule has 1 aliphatic rings. The molecule has 1 saturated carbocycles. The van der Waals surface area contributed by atoms with Crippen molar-refractivity contribution < 1.29 is 22.7 Å². The summed E-state index contributed by atoms with van der Waals surface area (Å²) in [4.78, 5) is 28.6. The van der Waals surface area contributed by atoms with Crippen LogP contribution in [-0.2, 0) is 26.2 Å². The zero-order valence-corrected chi connectivity index (χ0v) is 24.3. The molecular formula is C27H36BrN3O5S. The van der Waals surface area contributed by atoms with E-state index < -0.39 is 28.5 Å². The molecule has 1 fully saturated rings. The van der Waals surface area contributed by atoms with Crippen molar-refractivity contribution in [3.05, 3.63) is 58.1 Å². The number of carbonyl (C=O) groups excluding carboxylic acids is 2. The lowest BCUT2D eigenvalue weighted by atomic mass is 10.1. The molecule has 0 aliphatic heterocycles. The highest BCUT2D eigenvalue weighted by molar-refractivity contribution is 9.10. The Bertz CT molecular complexity index is 1200. The standard InChI is InChI=1S/C27H36BrN3O5S/c1-5-25(27(33)29-21-8-6-7-9-21)30(17-20-10-13-23(36-3)14-11-20)26(32)18-31(37(4,34)35)22-12-15-24(28)19(2)16-22/h10-16,21,25H,5-9,17-18H2,1-4H3,(H,29,33)/t25-/m0/s1. The van der Waals surface area contributed by atoms with Crippen molar-refractivity contribution in [3.8, 4) is 5.75 Å². The van der Waals surface area contributed by atoms with E-state index in [1.54, 1.807) is 37.4 Å². The Balaban J connectivity index is 1.93.